The number of benzene rings is 2. The van der Waals surface area contributed by atoms with Crippen molar-refractivity contribution in [3.63, 3.8) is 0 Å². The first-order valence-electron chi connectivity index (χ1n) is 7.93. The predicted molar refractivity (Wildman–Crippen MR) is 101 cm³/mol. The van der Waals surface area contributed by atoms with E-state index in [4.69, 9.17) is 0 Å². The summed E-state index contributed by atoms with van der Waals surface area (Å²) in [6, 6.07) is 6.79. The fourth-order valence-electron chi connectivity index (χ4n) is 3.25. The number of nitrogens with one attached hydrogen (secondary N) is 1. The van der Waals surface area contributed by atoms with Crippen LogP contribution < -0.4 is 5.56 Å². The van der Waals surface area contributed by atoms with Gasteiger partial charge in [-0.05, 0) is 26.2 Å². The Balaban J connectivity index is 0.00000196. The summed E-state index contributed by atoms with van der Waals surface area (Å²) in [7, 11) is 3.76. The molecule has 0 spiro atoms. The molecule has 26 heavy (non-hydrogen) atoms. The zero-order chi connectivity index (χ0) is 17.7. The Kier molecular flexibility index (Phi) is 4.52. The van der Waals surface area contributed by atoms with Gasteiger partial charge in [0, 0.05) is 35.0 Å². The van der Waals surface area contributed by atoms with Gasteiger partial charge >= 0.3 is 0 Å². The molecular formula is C18H17ClN4O3. The van der Waals surface area contributed by atoms with Crippen LogP contribution in [0.1, 0.15) is 20.7 Å². The Bertz CT molecular complexity index is 1110. The summed E-state index contributed by atoms with van der Waals surface area (Å²) in [5.41, 5.74) is 1.02. The maximum absolute atomic E-state index is 12.9. The Morgan fingerprint density at radius 1 is 1.08 bits per heavy atom. The van der Waals surface area contributed by atoms with E-state index in [0.717, 1.165) is 0 Å². The molecule has 1 aliphatic rings. The molecule has 1 aromatic heterocycles. The minimum absolute atomic E-state index is 0. The molecule has 0 saturated carbocycles. The van der Waals surface area contributed by atoms with Gasteiger partial charge in [0.2, 0.25) is 0 Å². The molecule has 0 unspecified atom stereocenters. The number of carbonyl (C=O) groups excluding carboxylic acids is 2. The van der Waals surface area contributed by atoms with Crippen LogP contribution in [0, 0.1) is 0 Å². The van der Waals surface area contributed by atoms with Crippen LogP contribution in [-0.4, -0.2) is 58.8 Å². The molecule has 0 saturated heterocycles. The van der Waals surface area contributed by atoms with Crippen LogP contribution in [0.15, 0.2) is 35.4 Å². The van der Waals surface area contributed by atoms with Gasteiger partial charge in [-0.1, -0.05) is 12.1 Å². The summed E-state index contributed by atoms with van der Waals surface area (Å²) in [5.74, 6) is -0.685. The summed E-state index contributed by atoms with van der Waals surface area (Å²) in [4.78, 5) is 47.9. The highest BCUT2D eigenvalue weighted by atomic mass is 35.5. The van der Waals surface area contributed by atoms with Crippen LogP contribution in [0.25, 0.3) is 21.7 Å². The van der Waals surface area contributed by atoms with Gasteiger partial charge in [-0.3, -0.25) is 19.3 Å². The molecule has 1 aliphatic heterocycles. The lowest BCUT2D eigenvalue weighted by atomic mass is 9.92. The number of nitrogens with zero attached hydrogens (tertiary/aromatic N) is 3. The van der Waals surface area contributed by atoms with E-state index in [9.17, 15) is 14.4 Å². The maximum Gasteiger partial charge on any atom is 0.261 e. The molecule has 0 fully saturated rings. The monoisotopic (exact) mass is 372 g/mol. The molecule has 8 heteroatoms. The van der Waals surface area contributed by atoms with Crippen LogP contribution in [0.2, 0.25) is 0 Å². The topological polar surface area (TPSA) is 86.4 Å². The van der Waals surface area contributed by atoms with Gasteiger partial charge in [-0.15, -0.1) is 12.4 Å². The van der Waals surface area contributed by atoms with E-state index in [0.29, 0.717) is 45.9 Å². The number of H-pyrrole nitrogens is 1. The fraction of sp³-hybridized carbons (Fsp3) is 0.222. The number of likely N-dealkylation sites (N-methyl/N-ethyl adjacent to an activating group) is 1. The number of rotatable bonds is 3. The minimum atomic E-state index is -0.374. The molecule has 0 atom stereocenters. The van der Waals surface area contributed by atoms with E-state index >= 15 is 0 Å². The van der Waals surface area contributed by atoms with Gasteiger partial charge in [0.25, 0.3) is 17.4 Å². The highest BCUT2D eigenvalue weighted by molar-refractivity contribution is 6.28. The first kappa shape index (κ1) is 18.0. The molecule has 4 rings (SSSR count). The van der Waals surface area contributed by atoms with Gasteiger partial charge < -0.3 is 9.88 Å². The average molecular weight is 373 g/mol. The van der Waals surface area contributed by atoms with Crippen LogP contribution in [0.5, 0.6) is 0 Å². The smallest absolute Gasteiger partial charge is 0.261 e. The highest BCUT2D eigenvalue weighted by Crippen LogP contribution is 2.33. The van der Waals surface area contributed by atoms with Gasteiger partial charge in [0.1, 0.15) is 0 Å². The highest BCUT2D eigenvalue weighted by Gasteiger charge is 2.33. The second-order valence-electron chi connectivity index (χ2n) is 6.35. The summed E-state index contributed by atoms with van der Waals surface area (Å²) < 4.78 is 0. The van der Waals surface area contributed by atoms with Gasteiger partial charge in [0.15, 0.2) is 0 Å². The number of aromatic nitrogens is 2. The van der Waals surface area contributed by atoms with Crippen molar-refractivity contribution in [2.75, 3.05) is 27.2 Å². The van der Waals surface area contributed by atoms with Crippen LogP contribution >= 0.6 is 12.4 Å². The van der Waals surface area contributed by atoms with Gasteiger partial charge in [-0.2, -0.15) is 0 Å². The van der Waals surface area contributed by atoms with E-state index in [1.165, 1.54) is 11.2 Å². The van der Waals surface area contributed by atoms with Crippen molar-refractivity contribution < 1.29 is 9.59 Å². The molecule has 2 heterocycles. The molecular weight excluding hydrogens is 356 g/mol. The molecule has 0 radical (unpaired) electrons. The number of aromatic amines is 1. The third-order valence-electron chi connectivity index (χ3n) is 4.49. The lowest BCUT2D eigenvalue weighted by molar-refractivity contribution is 0.0601. The van der Waals surface area contributed by atoms with Crippen molar-refractivity contribution in [2.45, 2.75) is 0 Å². The van der Waals surface area contributed by atoms with E-state index in [1.54, 1.807) is 24.3 Å². The van der Waals surface area contributed by atoms with Crippen molar-refractivity contribution in [2.24, 2.45) is 0 Å². The van der Waals surface area contributed by atoms with Crippen molar-refractivity contribution in [3.05, 3.63) is 52.1 Å². The number of halogens is 1. The maximum atomic E-state index is 12.9. The normalized spacial score (nSPS) is 13.6. The van der Waals surface area contributed by atoms with Crippen LogP contribution in [0.3, 0.4) is 0 Å². The van der Waals surface area contributed by atoms with Crippen molar-refractivity contribution >= 4 is 45.9 Å². The number of hydrogen-bond acceptors (Lipinski definition) is 5. The zero-order valence-electron chi connectivity index (χ0n) is 14.3. The van der Waals surface area contributed by atoms with Crippen molar-refractivity contribution in [3.8, 4) is 0 Å². The van der Waals surface area contributed by atoms with Crippen molar-refractivity contribution in [1.82, 2.24) is 19.8 Å². The Hall–Kier alpha value is -2.77. The number of fused-ring (bicyclic) bond motifs is 2. The third kappa shape index (κ3) is 2.56. The number of carbonyl (C=O) groups is 2. The number of amides is 2. The fourth-order valence-corrected chi connectivity index (χ4v) is 3.25. The summed E-state index contributed by atoms with van der Waals surface area (Å²) in [5, 5.41) is 1.56. The quantitative estimate of drug-likeness (QED) is 0.558. The second kappa shape index (κ2) is 6.51. The first-order chi connectivity index (χ1) is 12.0. The third-order valence-corrected chi connectivity index (χ3v) is 4.49. The molecule has 2 aromatic carbocycles. The Morgan fingerprint density at radius 3 is 2.54 bits per heavy atom. The van der Waals surface area contributed by atoms with Gasteiger partial charge in [0.05, 0.1) is 17.2 Å². The second-order valence-corrected chi connectivity index (χ2v) is 6.35. The molecule has 2 amide bonds. The van der Waals surface area contributed by atoms with Gasteiger partial charge in [-0.25, -0.2) is 4.98 Å². The molecule has 1 N–H and O–H groups in total. The minimum Gasteiger partial charge on any atom is -0.313 e. The Labute approximate surface area is 155 Å². The molecule has 3 aromatic rings. The van der Waals surface area contributed by atoms with Crippen molar-refractivity contribution in [1.29, 1.82) is 0 Å². The van der Waals surface area contributed by atoms with Crippen LogP contribution in [-0.2, 0) is 0 Å². The molecule has 7 nitrogen and oxygen atoms in total. The SMILES string of the molecule is CN(C)CCN1C(=O)c2cccc3c2c(cc2c(=O)[nH]cnc23)C1=O.Cl. The molecule has 0 bridgehead atoms. The lowest BCUT2D eigenvalue weighted by Gasteiger charge is -2.28. The van der Waals surface area contributed by atoms with E-state index in [1.807, 2.05) is 19.0 Å². The molecule has 0 aliphatic carbocycles. The summed E-state index contributed by atoms with van der Waals surface area (Å²) >= 11 is 0. The predicted octanol–water partition coefficient (Wildman–Crippen LogP) is 1.66. The standard InChI is InChI=1S/C18H16N4O3.ClH/c1-21(2)6-7-22-17(24)11-5-3-4-10-14(11)12(18(22)25)8-13-15(10)19-9-20-16(13)23;/h3-5,8-9H,6-7H2,1-2H3,(H,19,20,23);1H. The average Bonchev–Trinajstić information content (AvgIpc) is 2.59. The van der Waals surface area contributed by atoms with Crippen LogP contribution in [0.4, 0.5) is 0 Å². The summed E-state index contributed by atoms with van der Waals surface area (Å²) in [6.45, 7) is 0.862. The Morgan fingerprint density at radius 2 is 1.81 bits per heavy atom. The van der Waals surface area contributed by atoms with E-state index in [-0.39, 0.29) is 29.8 Å². The number of imide groups is 1. The first-order valence-corrected chi connectivity index (χ1v) is 7.93. The lowest BCUT2D eigenvalue weighted by Crippen LogP contribution is -2.43. The van der Waals surface area contributed by atoms with E-state index in [2.05, 4.69) is 9.97 Å². The van der Waals surface area contributed by atoms with E-state index < -0.39 is 0 Å². The molecule has 134 valence electrons. The largest absolute Gasteiger partial charge is 0.313 e. The summed E-state index contributed by atoms with van der Waals surface area (Å²) in [6.07, 6.45) is 1.33. The zero-order valence-corrected chi connectivity index (χ0v) is 15.1. The number of hydrogen-bond donors (Lipinski definition) is 1.